The molecule has 21 heavy (non-hydrogen) atoms. The van der Waals surface area contributed by atoms with Gasteiger partial charge < -0.3 is 10.6 Å². The van der Waals surface area contributed by atoms with Gasteiger partial charge in [0.15, 0.2) is 0 Å². The Labute approximate surface area is 142 Å². The average Bonchev–Trinajstić information content (AvgIpc) is 2.29. The average molecular weight is 349 g/mol. The molecule has 2 N–H and O–H groups in total. The van der Waals surface area contributed by atoms with Gasteiger partial charge in [0.1, 0.15) is 0 Å². The van der Waals surface area contributed by atoms with E-state index < -0.39 is 0 Å². The van der Waals surface area contributed by atoms with Crippen LogP contribution in [-0.4, -0.2) is 24.2 Å². The van der Waals surface area contributed by atoms with E-state index >= 15 is 0 Å². The van der Waals surface area contributed by atoms with E-state index in [1.807, 2.05) is 25.1 Å². The fraction of sp³-hybridized carbons (Fsp3) is 0.533. The minimum atomic E-state index is 0. The molecule has 2 rings (SSSR count). The van der Waals surface area contributed by atoms with Crippen molar-refractivity contribution >= 4 is 47.4 Å². The number of rotatable bonds is 5. The molecule has 0 saturated carbocycles. The predicted octanol–water partition coefficient (Wildman–Crippen LogP) is 4.06. The van der Waals surface area contributed by atoms with Crippen molar-refractivity contribution in [2.24, 2.45) is 11.8 Å². The minimum absolute atomic E-state index is 0. The monoisotopic (exact) mass is 348 g/mol. The Hall–Kier alpha value is -0.420. The van der Waals surface area contributed by atoms with E-state index in [1.165, 1.54) is 0 Å². The number of amides is 1. The van der Waals surface area contributed by atoms with Crippen molar-refractivity contribution in [1.29, 1.82) is 0 Å². The molecule has 1 amide bonds. The number of anilines is 1. The van der Waals surface area contributed by atoms with Gasteiger partial charge in [0.05, 0.1) is 5.69 Å². The molecule has 1 aliphatic heterocycles. The first kappa shape index (κ1) is 18.6. The Morgan fingerprint density at radius 1 is 1.38 bits per heavy atom. The lowest BCUT2D eigenvalue weighted by molar-refractivity contribution is -0.121. The van der Waals surface area contributed by atoms with E-state index in [4.69, 9.17) is 11.6 Å². The molecule has 6 heteroatoms. The summed E-state index contributed by atoms with van der Waals surface area (Å²) in [6.07, 6.45) is 0. The third-order valence-corrected chi connectivity index (χ3v) is 4.81. The van der Waals surface area contributed by atoms with E-state index in [-0.39, 0.29) is 24.2 Å². The molecule has 1 saturated heterocycles. The molecule has 1 aromatic carbocycles. The molecule has 1 fully saturated rings. The number of hydrogen-bond donors (Lipinski definition) is 2. The van der Waals surface area contributed by atoms with Crippen molar-refractivity contribution in [2.45, 2.75) is 30.9 Å². The fourth-order valence-electron chi connectivity index (χ4n) is 2.08. The Kier molecular flexibility index (Phi) is 7.34. The van der Waals surface area contributed by atoms with Gasteiger partial charge in [-0.2, -0.15) is 0 Å². The second kappa shape index (κ2) is 8.28. The molecule has 0 radical (unpaired) electrons. The van der Waals surface area contributed by atoms with E-state index in [9.17, 15) is 4.79 Å². The molecule has 118 valence electrons. The number of benzene rings is 1. The van der Waals surface area contributed by atoms with Crippen LogP contribution in [0.3, 0.4) is 0 Å². The van der Waals surface area contributed by atoms with E-state index in [0.717, 1.165) is 23.7 Å². The first-order valence-electron chi connectivity index (χ1n) is 6.95. The maximum atomic E-state index is 12.3. The quantitative estimate of drug-likeness (QED) is 0.788. The highest BCUT2D eigenvalue weighted by atomic mass is 35.5. The van der Waals surface area contributed by atoms with Gasteiger partial charge >= 0.3 is 0 Å². The molecule has 1 aromatic rings. The molecule has 0 bridgehead atoms. The van der Waals surface area contributed by atoms with Crippen molar-refractivity contribution in [3.05, 3.63) is 23.2 Å². The number of thioether (sulfide) groups is 1. The zero-order valence-corrected chi connectivity index (χ0v) is 14.9. The van der Waals surface area contributed by atoms with E-state index in [2.05, 4.69) is 24.5 Å². The summed E-state index contributed by atoms with van der Waals surface area (Å²) in [6.45, 7) is 8.11. The van der Waals surface area contributed by atoms with Gasteiger partial charge in [0.25, 0.3) is 0 Å². The third kappa shape index (κ3) is 5.06. The van der Waals surface area contributed by atoms with Gasteiger partial charge in [-0.05, 0) is 37.2 Å². The zero-order valence-electron chi connectivity index (χ0n) is 12.5. The highest BCUT2D eigenvalue weighted by Gasteiger charge is 2.29. The maximum Gasteiger partial charge on any atom is 0.227 e. The number of nitrogens with one attached hydrogen (secondary N) is 2. The molecular formula is C15H22Cl2N2OS. The number of carbonyl (C=O) groups excluding carboxylic acids is 1. The number of hydrogen-bond acceptors (Lipinski definition) is 3. The first-order valence-corrected chi connectivity index (χ1v) is 8.21. The van der Waals surface area contributed by atoms with Gasteiger partial charge in [0.2, 0.25) is 5.91 Å². The molecular weight excluding hydrogens is 327 g/mol. The number of halogens is 2. The lowest BCUT2D eigenvalue weighted by atomic mass is 9.88. The van der Waals surface area contributed by atoms with Gasteiger partial charge in [-0.25, -0.2) is 0 Å². The summed E-state index contributed by atoms with van der Waals surface area (Å²) in [5, 5.41) is 7.34. The summed E-state index contributed by atoms with van der Waals surface area (Å²) in [5.41, 5.74) is 0.820. The zero-order chi connectivity index (χ0) is 14.7. The van der Waals surface area contributed by atoms with Gasteiger partial charge in [0, 0.05) is 21.1 Å². The number of carbonyl (C=O) groups is 1. The third-order valence-electron chi connectivity index (χ3n) is 3.50. The van der Waals surface area contributed by atoms with Crippen molar-refractivity contribution in [2.75, 3.05) is 18.4 Å². The van der Waals surface area contributed by atoms with Crippen molar-refractivity contribution < 1.29 is 4.79 Å². The van der Waals surface area contributed by atoms with Crippen molar-refractivity contribution in [1.82, 2.24) is 5.32 Å². The fourth-order valence-corrected chi connectivity index (χ4v) is 3.15. The van der Waals surface area contributed by atoms with Crippen LogP contribution in [-0.2, 0) is 4.79 Å². The van der Waals surface area contributed by atoms with Crippen LogP contribution >= 0.6 is 35.8 Å². The molecule has 1 aliphatic rings. The van der Waals surface area contributed by atoms with Crippen LogP contribution in [0.4, 0.5) is 5.69 Å². The molecule has 1 heterocycles. The molecule has 3 nitrogen and oxygen atoms in total. The highest BCUT2D eigenvalue weighted by molar-refractivity contribution is 8.00. The lowest BCUT2D eigenvalue weighted by Crippen LogP contribution is -2.48. The van der Waals surface area contributed by atoms with Crippen LogP contribution in [0.5, 0.6) is 0 Å². The summed E-state index contributed by atoms with van der Waals surface area (Å²) in [7, 11) is 0. The standard InChI is InChI=1S/C15H21ClN2OS.ClH/c1-9(2)20-14-5-4-12(16)6-13(14)18-15(19)10(3)11-7-17-8-11;/h4-6,9-11,17H,7-8H2,1-3H3,(H,18,19);1H. The van der Waals surface area contributed by atoms with Crippen molar-refractivity contribution in [3.63, 3.8) is 0 Å². The van der Waals surface area contributed by atoms with Gasteiger partial charge in [-0.15, -0.1) is 24.2 Å². The second-order valence-corrected chi connectivity index (χ2v) is 7.56. The van der Waals surface area contributed by atoms with Gasteiger partial charge in [-0.3, -0.25) is 4.79 Å². The molecule has 0 aliphatic carbocycles. The second-order valence-electron chi connectivity index (χ2n) is 5.50. The Bertz CT molecular complexity index is 493. The molecule has 1 unspecified atom stereocenters. The van der Waals surface area contributed by atoms with Crippen LogP contribution < -0.4 is 10.6 Å². The first-order chi connectivity index (χ1) is 9.47. The van der Waals surface area contributed by atoms with E-state index in [0.29, 0.717) is 16.2 Å². The summed E-state index contributed by atoms with van der Waals surface area (Å²) in [4.78, 5) is 13.4. The summed E-state index contributed by atoms with van der Waals surface area (Å²) < 4.78 is 0. The van der Waals surface area contributed by atoms with Crippen LogP contribution in [0.1, 0.15) is 20.8 Å². The molecule has 1 atom stereocenters. The SMILES string of the molecule is CC(C)Sc1ccc(Cl)cc1NC(=O)C(C)C1CNC1.Cl. The summed E-state index contributed by atoms with van der Waals surface area (Å²) in [5.74, 6) is 0.534. The molecule has 0 spiro atoms. The Morgan fingerprint density at radius 2 is 2.05 bits per heavy atom. The smallest absolute Gasteiger partial charge is 0.227 e. The maximum absolute atomic E-state index is 12.3. The lowest BCUT2D eigenvalue weighted by Gasteiger charge is -2.31. The Balaban J connectivity index is 0.00000220. The van der Waals surface area contributed by atoms with Crippen LogP contribution in [0, 0.1) is 11.8 Å². The predicted molar refractivity (Wildman–Crippen MR) is 93.8 cm³/mol. The van der Waals surface area contributed by atoms with Crippen LogP contribution in [0.2, 0.25) is 5.02 Å². The largest absolute Gasteiger partial charge is 0.325 e. The van der Waals surface area contributed by atoms with Crippen molar-refractivity contribution in [3.8, 4) is 0 Å². The Morgan fingerprint density at radius 3 is 2.57 bits per heavy atom. The van der Waals surface area contributed by atoms with E-state index in [1.54, 1.807) is 11.8 Å². The molecule has 0 aromatic heterocycles. The normalized spacial score (nSPS) is 16.0. The van der Waals surface area contributed by atoms with Gasteiger partial charge in [-0.1, -0.05) is 32.4 Å². The summed E-state index contributed by atoms with van der Waals surface area (Å²) >= 11 is 7.78. The minimum Gasteiger partial charge on any atom is -0.325 e. The van der Waals surface area contributed by atoms with Crippen LogP contribution in [0.25, 0.3) is 0 Å². The van der Waals surface area contributed by atoms with Crippen LogP contribution in [0.15, 0.2) is 23.1 Å². The summed E-state index contributed by atoms with van der Waals surface area (Å²) in [6, 6.07) is 5.66. The highest BCUT2D eigenvalue weighted by Crippen LogP contribution is 2.33. The topological polar surface area (TPSA) is 41.1 Å².